The third-order valence-corrected chi connectivity index (χ3v) is 4.06. The molecule has 2 atom stereocenters. The molecule has 2 unspecified atom stereocenters. The van der Waals surface area contributed by atoms with Crippen LogP contribution < -0.4 is 0 Å². The minimum Gasteiger partial charge on any atom is -0.464 e. The molecule has 1 N–H and O–H groups in total. The van der Waals surface area contributed by atoms with E-state index in [1.54, 1.807) is 41.5 Å². The molecule has 1 aromatic rings. The van der Waals surface area contributed by atoms with Crippen LogP contribution >= 0.6 is 0 Å². The summed E-state index contributed by atoms with van der Waals surface area (Å²) in [6.45, 7) is 9.03. The SMILES string of the molecule is CC(C)(C)OC(=O)C(COC(=O)C(C)(C)C)C(CO)c1ccc(C(F)(F)F)cc1. The number of carbonyl (C=O) groups excluding carboxylic acids is 2. The number of aliphatic hydroxyl groups excluding tert-OH is 1. The number of rotatable bonds is 6. The third-order valence-electron chi connectivity index (χ3n) is 4.06. The van der Waals surface area contributed by atoms with Gasteiger partial charge in [0.05, 0.1) is 17.6 Å². The molecule has 0 saturated heterocycles. The van der Waals surface area contributed by atoms with E-state index in [9.17, 15) is 27.9 Å². The van der Waals surface area contributed by atoms with Gasteiger partial charge in [-0.05, 0) is 59.2 Å². The number of hydrogen-bond donors (Lipinski definition) is 1. The maximum Gasteiger partial charge on any atom is 0.416 e. The van der Waals surface area contributed by atoms with Gasteiger partial charge in [0, 0.05) is 5.92 Å². The minimum atomic E-state index is -4.50. The molecule has 164 valence electrons. The van der Waals surface area contributed by atoms with Gasteiger partial charge in [0.25, 0.3) is 0 Å². The van der Waals surface area contributed by atoms with Crippen molar-refractivity contribution < 1.29 is 37.3 Å². The zero-order valence-corrected chi connectivity index (χ0v) is 17.6. The molecule has 1 rings (SSSR count). The fourth-order valence-corrected chi connectivity index (χ4v) is 2.49. The van der Waals surface area contributed by atoms with E-state index in [0.717, 1.165) is 12.1 Å². The molecule has 0 aliphatic heterocycles. The summed E-state index contributed by atoms with van der Waals surface area (Å²) in [4.78, 5) is 24.8. The van der Waals surface area contributed by atoms with Crippen LogP contribution in [0.2, 0.25) is 0 Å². The van der Waals surface area contributed by atoms with E-state index in [0.29, 0.717) is 5.56 Å². The number of ether oxygens (including phenoxy) is 2. The van der Waals surface area contributed by atoms with Crippen molar-refractivity contribution in [2.24, 2.45) is 11.3 Å². The third kappa shape index (κ3) is 7.68. The minimum absolute atomic E-state index is 0.308. The van der Waals surface area contributed by atoms with Crippen LogP contribution in [0.3, 0.4) is 0 Å². The highest BCUT2D eigenvalue weighted by Gasteiger charge is 2.36. The number of hydrogen-bond acceptors (Lipinski definition) is 5. The Hall–Kier alpha value is -2.09. The zero-order chi connectivity index (χ0) is 22.6. The molecule has 0 saturated carbocycles. The van der Waals surface area contributed by atoms with E-state index in [2.05, 4.69) is 0 Å². The first-order valence-electron chi connectivity index (χ1n) is 9.24. The van der Waals surface area contributed by atoms with Crippen molar-refractivity contribution in [1.29, 1.82) is 0 Å². The van der Waals surface area contributed by atoms with Crippen LogP contribution in [-0.4, -0.2) is 35.9 Å². The molecule has 0 radical (unpaired) electrons. The first-order chi connectivity index (χ1) is 13.1. The lowest BCUT2D eigenvalue weighted by Crippen LogP contribution is -2.37. The van der Waals surface area contributed by atoms with Gasteiger partial charge in [0.1, 0.15) is 18.1 Å². The average molecular weight is 418 g/mol. The Morgan fingerprint density at radius 3 is 1.90 bits per heavy atom. The van der Waals surface area contributed by atoms with Crippen LogP contribution in [0.4, 0.5) is 13.2 Å². The molecule has 0 aliphatic carbocycles. The molecule has 0 spiro atoms. The van der Waals surface area contributed by atoms with Gasteiger partial charge in [-0.2, -0.15) is 13.2 Å². The van der Waals surface area contributed by atoms with E-state index in [4.69, 9.17) is 9.47 Å². The van der Waals surface area contributed by atoms with Crippen LogP contribution in [-0.2, 0) is 25.2 Å². The van der Waals surface area contributed by atoms with Crippen LogP contribution in [0.15, 0.2) is 24.3 Å². The highest BCUT2D eigenvalue weighted by atomic mass is 19.4. The fourth-order valence-electron chi connectivity index (χ4n) is 2.49. The van der Waals surface area contributed by atoms with Gasteiger partial charge >= 0.3 is 18.1 Å². The van der Waals surface area contributed by atoms with Crippen molar-refractivity contribution in [3.05, 3.63) is 35.4 Å². The van der Waals surface area contributed by atoms with Crippen LogP contribution in [0, 0.1) is 11.3 Å². The first kappa shape index (κ1) is 24.9. The van der Waals surface area contributed by atoms with Gasteiger partial charge in [-0.15, -0.1) is 0 Å². The molecule has 0 aromatic heterocycles. The van der Waals surface area contributed by atoms with E-state index in [-0.39, 0.29) is 6.61 Å². The normalized spacial score (nSPS) is 14.8. The maximum atomic E-state index is 12.8. The highest BCUT2D eigenvalue weighted by Crippen LogP contribution is 2.33. The molecule has 29 heavy (non-hydrogen) atoms. The Kier molecular flexibility index (Phi) is 7.87. The van der Waals surface area contributed by atoms with Gasteiger partial charge in [-0.3, -0.25) is 9.59 Å². The number of benzene rings is 1. The molecule has 0 amide bonds. The highest BCUT2D eigenvalue weighted by molar-refractivity contribution is 5.77. The summed E-state index contributed by atoms with van der Waals surface area (Å²) in [5, 5.41) is 9.88. The van der Waals surface area contributed by atoms with Gasteiger partial charge in [0.15, 0.2) is 0 Å². The number of aliphatic hydroxyl groups is 1. The summed E-state index contributed by atoms with van der Waals surface area (Å²) >= 11 is 0. The lowest BCUT2D eigenvalue weighted by molar-refractivity contribution is -0.168. The van der Waals surface area contributed by atoms with Gasteiger partial charge in [0.2, 0.25) is 0 Å². The van der Waals surface area contributed by atoms with Crippen molar-refractivity contribution in [3.8, 4) is 0 Å². The number of alkyl halides is 3. The second kappa shape index (κ2) is 9.15. The van der Waals surface area contributed by atoms with Crippen LogP contribution in [0.5, 0.6) is 0 Å². The van der Waals surface area contributed by atoms with Crippen molar-refractivity contribution in [2.45, 2.75) is 59.2 Å². The van der Waals surface area contributed by atoms with Gasteiger partial charge < -0.3 is 14.6 Å². The smallest absolute Gasteiger partial charge is 0.416 e. The molecule has 5 nitrogen and oxygen atoms in total. The van der Waals surface area contributed by atoms with E-state index >= 15 is 0 Å². The fraction of sp³-hybridized carbons (Fsp3) is 0.619. The van der Waals surface area contributed by atoms with Crippen molar-refractivity contribution >= 4 is 11.9 Å². The van der Waals surface area contributed by atoms with Crippen molar-refractivity contribution in [2.75, 3.05) is 13.2 Å². The number of carbonyl (C=O) groups is 2. The molecule has 1 aromatic carbocycles. The Morgan fingerprint density at radius 1 is 1.00 bits per heavy atom. The molecular weight excluding hydrogens is 389 g/mol. The molecule has 0 heterocycles. The summed E-state index contributed by atoms with van der Waals surface area (Å²) in [5.41, 5.74) is -2.17. The quantitative estimate of drug-likeness (QED) is 0.697. The Balaban J connectivity index is 3.18. The molecule has 0 aliphatic rings. The largest absolute Gasteiger partial charge is 0.464 e. The van der Waals surface area contributed by atoms with Crippen LogP contribution in [0.1, 0.15) is 58.6 Å². The summed E-state index contributed by atoms with van der Waals surface area (Å²) in [7, 11) is 0. The van der Waals surface area contributed by atoms with Crippen LogP contribution in [0.25, 0.3) is 0 Å². The topological polar surface area (TPSA) is 72.8 Å². The van der Waals surface area contributed by atoms with Gasteiger partial charge in [-0.25, -0.2) is 0 Å². The lowest BCUT2D eigenvalue weighted by Gasteiger charge is -2.29. The predicted molar refractivity (Wildman–Crippen MR) is 101 cm³/mol. The standard InChI is InChI=1S/C21H29F3O5/c1-19(2,3)18(27)28-12-16(17(26)29-20(4,5)6)15(11-25)13-7-9-14(10-8-13)21(22,23)24/h7-10,15-16,25H,11-12H2,1-6H3. The van der Waals surface area contributed by atoms with Crippen molar-refractivity contribution in [1.82, 2.24) is 0 Å². The Labute approximate surface area is 169 Å². The molecular formula is C21H29F3O5. The molecule has 8 heteroatoms. The average Bonchev–Trinajstić information content (AvgIpc) is 2.55. The zero-order valence-electron chi connectivity index (χ0n) is 17.6. The first-order valence-corrected chi connectivity index (χ1v) is 9.24. The van der Waals surface area contributed by atoms with E-state index in [1.165, 1.54) is 12.1 Å². The summed E-state index contributed by atoms with van der Waals surface area (Å²) in [6.07, 6.45) is -4.50. The summed E-state index contributed by atoms with van der Waals surface area (Å²) in [6, 6.07) is 4.16. The summed E-state index contributed by atoms with van der Waals surface area (Å²) in [5.74, 6) is -3.24. The van der Waals surface area contributed by atoms with Gasteiger partial charge in [-0.1, -0.05) is 12.1 Å². The summed E-state index contributed by atoms with van der Waals surface area (Å²) < 4.78 is 49.1. The Morgan fingerprint density at radius 2 is 1.52 bits per heavy atom. The monoisotopic (exact) mass is 418 g/mol. The maximum absolute atomic E-state index is 12.8. The van der Waals surface area contributed by atoms with E-state index < -0.39 is 53.1 Å². The predicted octanol–water partition coefficient (Wildman–Crippen LogP) is 4.33. The molecule has 0 bridgehead atoms. The second-order valence-electron chi connectivity index (χ2n) is 8.90. The lowest BCUT2D eigenvalue weighted by atomic mass is 9.86. The molecule has 0 fully saturated rings. The number of esters is 2. The van der Waals surface area contributed by atoms with E-state index in [1.807, 2.05) is 0 Å². The van der Waals surface area contributed by atoms with Crippen molar-refractivity contribution in [3.63, 3.8) is 0 Å². The Bertz CT molecular complexity index is 697. The number of halogens is 3. The second-order valence-corrected chi connectivity index (χ2v) is 8.90.